The van der Waals surface area contributed by atoms with E-state index in [9.17, 15) is 33.6 Å². The van der Waals surface area contributed by atoms with Crippen LogP contribution >= 0.6 is 0 Å². The predicted octanol–water partition coefficient (Wildman–Crippen LogP) is 0.486. The van der Waals surface area contributed by atoms with Gasteiger partial charge in [0.1, 0.15) is 12.2 Å². The number of imidazole rings is 1. The number of hydrogen-bond donors (Lipinski definition) is 8. The van der Waals surface area contributed by atoms with Crippen LogP contribution in [0, 0.1) is 0 Å². The average molecular weight is 748 g/mol. The molecule has 0 radical (unpaired) electrons. The van der Waals surface area contributed by atoms with E-state index >= 15 is 0 Å². The van der Waals surface area contributed by atoms with E-state index < -0.39 is 46.4 Å². The summed E-state index contributed by atoms with van der Waals surface area (Å²) in [5.41, 5.74) is 2.80. The van der Waals surface area contributed by atoms with Crippen molar-refractivity contribution in [3.05, 3.63) is 84.4 Å². The average Bonchev–Trinajstić information content (AvgIpc) is 3.96. The number of nitrogens with one attached hydrogen (secondary N) is 3. The number of primary sulfonamides is 1. The first-order chi connectivity index (χ1) is 25.5. The van der Waals surface area contributed by atoms with Crippen molar-refractivity contribution in [3.8, 4) is 0 Å². The van der Waals surface area contributed by atoms with Gasteiger partial charge in [0.2, 0.25) is 16.0 Å². The Labute approximate surface area is 304 Å². The van der Waals surface area contributed by atoms with Crippen LogP contribution in [-0.2, 0) is 23.1 Å². The second kappa shape index (κ2) is 15.0. The molecule has 7 rings (SSSR count). The molecule has 0 spiro atoms. The molecule has 1 aliphatic carbocycles. The lowest BCUT2D eigenvalue weighted by molar-refractivity contribution is 0.00720. The molecule has 1 saturated carbocycles. The molecule has 2 amide bonds. The highest BCUT2D eigenvalue weighted by atomic mass is 32.2. The van der Waals surface area contributed by atoms with Gasteiger partial charge in [-0.1, -0.05) is 30.3 Å². The summed E-state index contributed by atoms with van der Waals surface area (Å²) in [6, 6.07) is 12.8. The molecule has 19 heteroatoms. The molecule has 4 heterocycles. The van der Waals surface area contributed by atoms with Crippen LogP contribution in [0.4, 0.5) is 22.2 Å². The van der Waals surface area contributed by atoms with Gasteiger partial charge in [-0.2, -0.15) is 15.1 Å². The maximum Gasteiger partial charge on any atom is 0.319 e. The number of anilines is 3. The van der Waals surface area contributed by atoms with Crippen molar-refractivity contribution in [1.82, 2.24) is 34.6 Å². The Morgan fingerprint density at radius 3 is 2.45 bits per heavy atom. The number of rotatable bonds is 12. The fraction of sp³-hybridized carbons (Fsp3) is 0.382. The summed E-state index contributed by atoms with van der Waals surface area (Å²) < 4.78 is 26.4. The third-order valence-electron chi connectivity index (χ3n) is 9.70. The molecule has 280 valence electrons. The minimum Gasteiger partial charge on any atom is -0.394 e. The Kier molecular flexibility index (Phi) is 10.3. The molecule has 1 saturated heterocycles. The van der Waals surface area contributed by atoms with Crippen molar-refractivity contribution >= 4 is 44.7 Å². The van der Waals surface area contributed by atoms with Gasteiger partial charge in [0.25, 0.3) is 0 Å². The zero-order valence-corrected chi connectivity index (χ0v) is 29.3. The largest absolute Gasteiger partial charge is 0.394 e. The van der Waals surface area contributed by atoms with Gasteiger partial charge >= 0.3 is 6.03 Å². The number of hydrogen-bond acceptors (Lipinski definition) is 13. The Bertz CT molecular complexity index is 2160. The van der Waals surface area contributed by atoms with E-state index in [1.165, 1.54) is 30.5 Å². The number of carbonyl (C=O) groups is 1. The standard InChI is InChI=1S/C34H41N11O7S/c35-53(51,52)25-8-6-22(7-9-25)39-34(50)40-23-10-11-43(16-23)33-41-31(38-24(18-47)12-20-4-2-1-3-5-20)28-32(42-33)44(19-36-28)26-13-27(30(49)29(26)48)45-15-21(17-46)14-37-45/h1-9,14-15,19,23-24,26-27,29-30,46-49H,10-13,16-18H2,(H2,35,51,52)(H,38,41,42)(H2,39,40,50)/t23?,24-,26+,27-,29-,30+/m0/s1. The van der Waals surface area contributed by atoms with Gasteiger partial charge in [-0.25, -0.2) is 23.3 Å². The number of carbonyl (C=O) groups excluding carboxylic acids is 1. The third-order valence-corrected chi connectivity index (χ3v) is 10.6. The quantitative estimate of drug-likeness (QED) is 0.0866. The Morgan fingerprint density at radius 2 is 1.75 bits per heavy atom. The smallest absolute Gasteiger partial charge is 0.319 e. The molecule has 6 atom stereocenters. The number of nitrogens with two attached hydrogens (primary N) is 1. The predicted molar refractivity (Wildman–Crippen MR) is 193 cm³/mol. The van der Waals surface area contributed by atoms with E-state index in [2.05, 4.69) is 26.0 Å². The van der Waals surface area contributed by atoms with E-state index in [-0.39, 0.29) is 24.2 Å². The van der Waals surface area contributed by atoms with Crippen molar-refractivity contribution in [1.29, 1.82) is 0 Å². The molecule has 5 aromatic rings. The van der Waals surface area contributed by atoms with Crippen LogP contribution in [0.15, 0.2) is 78.2 Å². The van der Waals surface area contributed by atoms with Gasteiger partial charge in [0, 0.05) is 36.6 Å². The molecular weight excluding hydrogens is 707 g/mol. The zero-order chi connectivity index (χ0) is 37.3. The van der Waals surface area contributed by atoms with E-state index in [4.69, 9.17) is 15.1 Å². The Morgan fingerprint density at radius 1 is 1.00 bits per heavy atom. The molecule has 1 unspecified atom stereocenters. The molecule has 2 fully saturated rings. The zero-order valence-electron chi connectivity index (χ0n) is 28.5. The lowest BCUT2D eigenvalue weighted by atomic mass is 10.1. The van der Waals surface area contributed by atoms with Gasteiger partial charge in [0.15, 0.2) is 17.0 Å². The van der Waals surface area contributed by atoms with Crippen LogP contribution in [0.3, 0.4) is 0 Å². The maximum atomic E-state index is 12.9. The molecule has 2 aliphatic rings. The van der Waals surface area contributed by atoms with Crippen LogP contribution < -0.4 is 26.0 Å². The van der Waals surface area contributed by atoms with Crippen LogP contribution in [0.2, 0.25) is 0 Å². The van der Waals surface area contributed by atoms with Crippen molar-refractivity contribution in [3.63, 3.8) is 0 Å². The van der Waals surface area contributed by atoms with Gasteiger partial charge in [-0.05, 0) is 49.1 Å². The highest BCUT2D eigenvalue weighted by molar-refractivity contribution is 7.89. The molecule has 0 bridgehead atoms. The monoisotopic (exact) mass is 747 g/mol. The second-order valence-corrected chi connectivity index (χ2v) is 14.9. The normalized spacial score (nSPS) is 22.3. The van der Waals surface area contributed by atoms with Crippen LogP contribution in [-0.4, -0.2) is 108 Å². The fourth-order valence-corrected chi connectivity index (χ4v) is 7.46. The van der Waals surface area contributed by atoms with E-state index in [1.807, 2.05) is 35.2 Å². The first-order valence-corrected chi connectivity index (χ1v) is 18.7. The van der Waals surface area contributed by atoms with Gasteiger partial charge in [0.05, 0.1) is 48.8 Å². The molecular formula is C34H41N11O7S. The number of sulfonamides is 1. The van der Waals surface area contributed by atoms with E-state index in [1.54, 1.807) is 21.8 Å². The molecule has 53 heavy (non-hydrogen) atoms. The minimum absolute atomic E-state index is 0.0691. The lowest BCUT2D eigenvalue weighted by Gasteiger charge is -2.22. The summed E-state index contributed by atoms with van der Waals surface area (Å²) in [7, 11) is -3.87. The fourth-order valence-electron chi connectivity index (χ4n) is 6.95. The number of amides is 2. The number of aromatic nitrogens is 6. The SMILES string of the molecule is NS(=O)(=O)c1ccc(NC(=O)NC2CCN(c3nc(N[C@H](CO)Cc4ccccc4)c4ncn([C@@H]5C[C@H](n6cc(CO)cn6)[C@@H](O)[C@H]5O)c4n3)C2)cc1. The number of urea groups is 1. The third kappa shape index (κ3) is 7.80. The van der Waals surface area contributed by atoms with Gasteiger partial charge < -0.3 is 45.8 Å². The highest BCUT2D eigenvalue weighted by Crippen LogP contribution is 2.40. The maximum absolute atomic E-state index is 12.9. The van der Waals surface area contributed by atoms with Crippen molar-refractivity contribution in [2.24, 2.45) is 5.14 Å². The molecule has 9 N–H and O–H groups in total. The summed E-state index contributed by atoms with van der Waals surface area (Å²) in [6.45, 7) is 0.467. The molecule has 18 nitrogen and oxygen atoms in total. The van der Waals surface area contributed by atoms with Crippen molar-refractivity contribution in [2.45, 2.75) is 67.1 Å². The van der Waals surface area contributed by atoms with Gasteiger partial charge in [-0.3, -0.25) is 4.68 Å². The topological polar surface area (TPSA) is 259 Å². The van der Waals surface area contributed by atoms with E-state index in [0.717, 1.165) is 5.56 Å². The Balaban J connectivity index is 1.14. The molecule has 2 aromatic carbocycles. The summed E-state index contributed by atoms with van der Waals surface area (Å²) in [5.74, 6) is 0.714. The summed E-state index contributed by atoms with van der Waals surface area (Å²) in [4.78, 5) is 29.1. The number of aliphatic hydroxyl groups is 4. The summed E-state index contributed by atoms with van der Waals surface area (Å²) in [5, 5.41) is 60.7. The number of fused-ring (bicyclic) bond motifs is 1. The van der Waals surface area contributed by atoms with Crippen LogP contribution in [0.5, 0.6) is 0 Å². The molecule has 1 aliphatic heterocycles. The van der Waals surface area contributed by atoms with E-state index in [0.29, 0.717) is 66.5 Å². The number of benzene rings is 2. The minimum atomic E-state index is -3.87. The Hall–Kier alpha value is -5.18. The van der Waals surface area contributed by atoms with Gasteiger partial charge in [-0.15, -0.1) is 0 Å². The number of aliphatic hydroxyl groups excluding tert-OH is 4. The van der Waals surface area contributed by atoms with Crippen LogP contribution in [0.25, 0.3) is 11.2 Å². The first-order valence-electron chi connectivity index (χ1n) is 17.1. The van der Waals surface area contributed by atoms with Crippen molar-refractivity contribution in [2.75, 3.05) is 35.2 Å². The van der Waals surface area contributed by atoms with Crippen LogP contribution in [0.1, 0.15) is 36.1 Å². The first kappa shape index (κ1) is 36.2. The summed E-state index contributed by atoms with van der Waals surface area (Å²) in [6.07, 6.45) is 3.74. The lowest BCUT2D eigenvalue weighted by Crippen LogP contribution is -2.40. The van der Waals surface area contributed by atoms with Crippen molar-refractivity contribution < 1.29 is 33.6 Å². The second-order valence-electron chi connectivity index (χ2n) is 13.3. The highest BCUT2D eigenvalue weighted by Gasteiger charge is 2.44. The molecule has 3 aromatic heterocycles. The summed E-state index contributed by atoms with van der Waals surface area (Å²) >= 11 is 0. The number of nitrogens with zero attached hydrogens (tertiary/aromatic N) is 7.